The Morgan fingerprint density at radius 3 is 2.59 bits per heavy atom. The first-order valence-electron chi connectivity index (χ1n) is 9.18. The summed E-state index contributed by atoms with van der Waals surface area (Å²) in [5, 5.41) is 0. The predicted molar refractivity (Wildman–Crippen MR) is 104 cm³/mol. The minimum atomic E-state index is -0.417. The van der Waals surface area contributed by atoms with Crippen molar-refractivity contribution in [2.24, 2.45) is 7.05 Å². The molecular weight excluding hydrogens is 342 g/mol. The third-order valence-electron chi connectivity index (χ3n) is 5.19. The van der Waals surface area contributed by atoms with E-state index in [2.05, 4.69) is 36.1 Å². The summed E-state index contributed by atoms with van der Waals surface area (Å²) in [6.45, 7) is 6.12. The fraction of sp³-hybridized carbons (Fsp3) is 0.333. The molecule has 1 aliphatic rings. The lowest BCUT2D eigenvalue weighted by molar-refractivity contribution is 0.0628. The first-order chi connectivity index (χ1) is 13.0. The van der Waals surface area contributed by atoms with Crippen molar-refractivity contribution in [3.8, 4) is 0 Å². The largest absolute Gasteiger partial charge is 0.419 e. The average Bonchev–Trinajstić information content (AvgIpc) is 2.95. The summed E-state index contributed by atoms with van der Waals surface area (Å²) in [6.07, 6.45) is 0. The predicted octanol–water partition coefficient (Wildman–Crippen LogP) is 2.40. The number of aryl methyl sites for hydroxylation is 2. The summed E-state index contributed by atoms with van der Waals surface area (Å²) in [6, 6.07) is 13.7. The molecule has 2 heterocycles. The Morgan fingerprint density at radius 1 is 1.07 bits per heavy atom. The number of hydrogen-bond acceptors (Lipinski definition) is 4. The van der Waals surface area contributed by atoms with Gasteiger partial charge in [-0.15, -0.1) is 0 Å². The number of aromatic nitrogens is 1. The van der Waals surface area contributed by atoms with Crippen LogP contribution in [0.1, 0.15) is 21.5 Å². The second-order valence-corrected chi connectivity index (χ2v) is 7.17. The number of fused-ring (bicyclic) bond motifs is 1. The van der Waals surface area contributed by atoms with E-state index in [-0.39, 0.29) is 5.91 Å². The van der Waals surface area contributed by atoms with Crippen molar-refractivity contribution >= 4 is 17.0 Å². The second kappa shape index (κ2) is 7.04. The minimum absolute atomic E-state index is 0.000699. The van der Waals surface area contributed by atoms with Crippen molar-refractivity contribution in [2.75, 3.05) is 26.2 Å². The van der Waals surface area contributed by atoms with Gasteiger partial charge in [-0.25, -0.2) is 4.79 Å². The van der Waals surface area contributed by atoms with Crippen LogP contribution in [0.2, 0.25) is 0 Å². The molecule has 0 spiro atoms. The van der Waals surface area contributed by atoms with Gasteiger partial charge in [-0.3, -0.25) is 14.3 Å². The van der Waals surface area contributed by atoms with Crippen LogP contribution in [0.3, 0.4) is 0 Å². The van der Waals surface area contributed by atoms with Gasteiger partial charge in [-0.05, 0) is 30.7 Å². The maximum absolute atomic E-state index is 12.9. The number of carbonyl (C=O) groups excluding carboxylic acids is 1. The Hall–Kier alpha value is -2.86. The number of oxazole rings is 1. The van der Waals surface area contributed by atoms with Crippen molar-refractivity contribution in [3.63, 3.8) is 0 Å². The van der Waals surface area contributed by atoms with Crippen LogP contribution in [0.5, 0.6) is 0 Å². The summed E-state index contributed by atoms with van der Waals surface area (Å²) >= 11 is 0. The van der Waals surface area contributed by atoms with Gasteiger partial charge in [0.1, 0.15) is 0 Å². The molecule has 2 aromatic carbocycles. The quantitative estimate of drug-likeness (QED) is 0.715. The summed E-state index contributed by atoms with van der Waals surface area (Å²) in [5.74, 6) is -0.417. The molecule has 0 N–H and O–H groups in total. The highest BCUT2D eigenvalue weighted by atomic mass is 16.4. The number of benzene rings is 2. The van der Waals surface area contributed by atoms with Crippen molar-refractivity contribution in [1.82, 2.24) is 14.4 Å². The SMILES string of the molecule is Cc1cccc(CN2CCN(C(=O)c3ccc4oc(=O)n(C)c4c3)CC2)c1. The summed E-state index contributed by atoms with van der Waals surface area (Å²) in [5.41, 5.74) is 4.31. The number of carbonyl (C=O) groups is 1. The lowest BCUT2D eigenvalue weighted by Gasteiger charge is -2.34. The van der Waals surface area contributed by atoms with E-state index >= 15 is 0 Å². The maximum atomic E-state index is 12.9. The van der Waals surface area contributed by atoms with E-state index in [4.69, 9.17) is 4.42 Å². The molecule has 0 aliphatic carbocycles. The van der Waals surface area contributed by atoms with Crippen molar-refractivity contribution in [3.05, 3.63) is 69.7 Å². The van der Waals surface area contributed by atoms with Crippen LogP contribution in [0.25, 0.3) is 11.1 Å². The zero-order valence-corrected chi connectivity index (χ0v) is 15.6. The van der Waals surface area contributed by atoms with Crippen LogP contribution in [-0.2, 0) is 13.6 Å². The number of rotatable bonds is 3. The molecule has 0 bridgehead atoms. The molecule has 27 heavy (non-hydrogen) atoms. The maximum Gasteiger partial charge on any atom is 0.419 e. The smallest absolute Gasteiger partial charge is 0.408 e. The Balaban J connectivity index is 1.42. The topological polar surface area (TPSA) is 58.7 Å². The van der Waals surface area contributed by atoms with Crippen LogP contribution >= 0.6 is 0 Å². The zero-order chi connectivity index (χ0) is 19.0. The molecule has 4 rings (SSSR count). The standard InChI is InChI=1S/C21H23N3O3/c1-15-4-3-5-16(12-15)14-23-8-10-24(11-9-23)20(25)17-6-7-19-18(13-17)22(2)21(26)27-19/h3-7,12-13H,8-11,14H2,1-2H3. The van der Waals surface area contributed by atoms with Crippen LogP contribution in [0.4, 0.5) is 0 Å². The van der Waals surface area contributed by atoms with E-state index in [0.29, 0.717) is 29.8 Å². The summed E-state index contributed by atoms with van der Waals surface area (Å²) < 4.78 is 6.56. The molecule has 1 fully saturated rings. The molecule has 1 aromatic heterocycles. The van der Waals surface area contributed by atoms with E-state index in [0.717, 1.165) is 19.6 Å². The molecule has 0 unspecified atom stereocenters. The van der Waals surface area contributed by atoms with Gasteiger partial charge in [-0.2, -0.15) is 0 Å². The van der Waals surface area contributed by atoms with Crippen LogP contribution in [0.15, 0.2) is 51.7 Å². The minimum Gasteiger partial charge on any atom is -0.408 e. The third kappa shape index (κ3) is 3.53. The fourth-order valence-corrected chi connectivity index (χ4v) is 3.62. The van der Waals surface area contributed by atoms with E-state index in [1.807, 2.05) is 4.90 Å². The molecule has 1 aliphatic heterocycles. The van der Waals surface area contributed by atoms with Gasteiger partial charge in [-0.1, -0.05) is 29.8 Å². The van der Waals surface area contributed by atoms with E-state index in [1.165, 1.54) is 15.7 Å². The Kier molecular flexibility index (Phi) is 4.58. The van der Waals surface area contributed by atoms with E-state index in [1.54, 1.807) is 25.2 Å². The summed E-state index contributed by atoms with van der Waals surface area (Å²) in [7, 11) is 1.65. The lowest BCUT2D eigenvalue weighted by Crippen LogP contribution is -2.48. The third-order valence-corrected chi connectivity index (χ3v) is 5.19. The highest BCUT2D eigenvalue weighted by Gasteiger charge is 2.23. The fourth-order valence-electron chi connectivity index (χ4n) is 3.62. The molecule has 0 atom stereocenters. The monoisotopic (exact) mass is 365 g/mol. The Labute approximate surface area is 157 Å². The molecule has 6 nitrogen and oxygen atoms in total. The Bertz CT molecular complexity index is 1040. The number of piperazine rings is 1. The molecule has 0 saturated carbocycles. The highest BCUT2D eigenvalue weighted by Crippen LogP contribution is 2.17. The van der Waals surface area contributed by atoms with Gasteiger partial charge < -0.3 is 9.32 Å². The first kappa shape index (κ1) is 17.5. The van der Waals surface area contributed by atoms with Gasteiger partial charge in [0.2, 0.25) is 0 Å². The van der Waals surface area contributed by atoms with E-state index < -0.39 is 5.76 Å². The molecule has 1 saturated heterocycles. The average molecular weight is 365 g/mol. The van der Waals surface area contributed by atoms with E-state index in [9.17, 15) is 9.59 Å². The second-order valence-electron chi connectivity index (χ2n) is 7.17. The van der Waals surface area contributed by atoms with Crippen LogP contribution < -0.4 is 5.76 Å². The molecule has 1 amide bonds. The van der Waals surface area contributed by atoms with Gasteiger partial charge in [0.25, 0.3) is 5.91 Å². The molecule has 140 valence electrons. The number of nitrogens with zero attached hydrogens (tertiary/aromatic N) is 3. The first-order valence-corrected chi connectivity index (χ1v) is 9.18. The molecule has 3 aromatic rings. The van der Waals surface area contributed by atoms with Gasteiger partial charge in [0.15, 0.2) is 5.58 Å². The highest BCUT2D eigenvalue weighted by molar-refractivity contribution is 5.97. The van der Waals surface area contributed by atoms with Gasteiger partial charge in [0.05, 0.1) is 5.52 Å². The molecular formula is C21H23N3O3. The van der Waals surface area contributed by atoms with Gasteiger partial charge >= 0.3 is 5.76 Å². The number of hydrogen-bond donors (Lipinski definition) is 0. The molecule has 0 radical (unpaired) electrons. The van der Waals surface area contributed by atoms with Crippen LogP contribution in [-0.4, -0.2) is 46.5 Å². The van der Waals surface area contributed by atoms with Gasteiger partial charge in [0, 0.05) is 45.3 Å². The Morgan fingerprint density at radius 2 is 1.85 bits per heavy atom. The normalized spacial score (nSPS) is 15.4. The van der Waals surface area contributed by atoms with Crippen molar-refractivity contribution < 1.29 is 9.21 Å². The van der Waals surface area contributed by atoms with Crippen molar-refractivity contribution in [1.29, 1.82) is 0 Å². The lowest BCUT2D eigenvalue weighted by atomic mass is 10.1. The van der Waals surface area contributed by atoms with Crippen molar-refractivity contribution in [2.45, 2.75) is 13.5 Å². The number of amides is 1. The molecule has 6 heteroatoms. The summed E-state index contributed by atoms with van der Waals surface area (Å²) in [4.78, 5) is 28.7. The van der Waals surface area contributed by atoms with Crippen LogP contribution in [0, 0.1) is 6.92 Å². The zero-order valence-electron chi connectivity index (χ0n) is 15.6.